The van der Waals surface area contributed by atoms with E-state index in [1.54, 1.807) is 11.8 Å². The number of rotatable bonds is 5. The van der Waals surface area contributed by atoms with Crippen molar-refractivity contribution in [2.24, 2.45) is 0 Å². The van der Waals surface area contributed by atoms with Gasteiger partial charge in [-0.15, -0.1) is 0 Å². The van der Waals surface area contributed by atoms with Crippen LogP contribution >= 0.6 is 11.8 Å². The zero-order valence-electron chi connectivity index (χ0n) is 13.9. The maximum Gasteiger partial charge on any atom is 0.226 e. The highest BCUT2D eigenvalue weighted by Crippen LogP contribution is 2.36. The highest BCUT2D eigenvalue weighted by molar-refractivity contribution is 7.99. The molecule has 1 atom stereocenters. The van der Waals surface area contributed by atoms with Crippen molar-refractivity contribution in [3.8, 4) is 0 Å². The van der Waals surface area contributed by atoms with E-state index in [9.17, 15) is 4.79 Å². The number of hydrogen-bond donors (Lipinski definition) is 3. The Kier molecular flexibility index (Phi) is 5.55. The standard InChI is InChI=1S/C17H22N4O2S/c1-11-17(12(2)21-20-11)24-15-6-4-3-5-14(15)19-16(22)9-13-10-23-8-7-18-13/h3-6,13,18H,7-10H2,1-2H3,(H,19,22)(H,20,21)/t13-/m0/s1. The van der Waals surface area contributed by atoms with Crippen molar-refractivity contribution in [1.29, 1.82) is 0 Å². The lowest BCUT2D eigenvalue weighted by molar-refractivity contribution is -0.117. The third kappa shape index (κ3) is 4.17. The molecule has 6 nitrogen and oxygen atoms in total. The van der Waals surface area contributed by atoms with Crippen molar-refractivity contribution in [3.63, 3.8) is 0 Å². The third-order valence-electron chi connectivity index (χ3n) is 3.86. The second-order valence-electron chi connectivity index (χ2n) is 5.84. The number of aryl methyl sites for hydroxylation is 2. The number of amides is 1. The van der Waals surface area contributed by atoms with E-state index < -0.39 is 0 Å². The number of aromatic nitrogens is 2. The molecule has 3 N–H and O–H groups in total. The number of nitrogens with one attached hydrogen (secondary N) is 3. The summed E-state index contributed by atoms with van der Waals surface area (Å²) in [6.07, 6.45) is 0.406. The molecule has 1 aromatic carbocycles. The van der Waals surface area contributed by atoms with Gasteiger partial charge in [-0.2, -0.15) is 5.10 Å². The summed E-state index contributed by atoms with van der Waals surface area (Å²) in [4.78, 5) is 14.4. The van der Waals surface area contributed by atoms with Crippen molar-refractivity contribution < 1.29 is 9.53 Å². The number of hydrogen-bond acceptors (Lipinski definition) is 5. The van der Waals surface area contributed by atoms with E-state index in [1.807, 2.05) is 38.1 Å². The number of benzene rings is 1. The van der Waals surface area contributed by atoms with Gasteiger partial charge in [-0.3, -0.25) is 9.89 Å². The van der Waals surface area contributed by atoms with Gasteiger partial charge in [0, 0.05) is 29.6 Å². The first-order valence-corrected chi connectivity index (χ1v) is 8.84. The Labute approximate surface area is 145 Å². The minimum atomic E-state index is -0.00770. The molecule has 0 saturated carbocycles. The lowest BCUT2D eigenvalue weighted by Crippen LogP contribution is -2.43. The van der Waals surface area contributed by atoms with E-state index in [-0.39, 0.29) is 11.9 Å². The zero-order valence-corrected chi connectivity index (χ0v) is 14.7. The average Bonchev–Trinajstić information content (AvgIpc) is 2.89. The molecule has 7 heteroatoms. The third-order valence-corrected chi connectivity index (χ3v) is 5.25. The number of morpholine rings is 1. The van der Waals surface area contributed by atoms with Crippen LogP contribution in [0.3, 0.4) is 0 Å². The fraction of sp³-hybridized carbons (Fsp3) is 0.412. The number of carbonyl (C=O) groups is 1. The van der Waals surface area contributed by atoms with Gasteiger partial charge in [-0.05, 0) is 26.0 Å². The van der Waals surface area contributed by atoms with Gasteiger partial charge in [0.2, 0.25) is 5.91 Å². The van der Waals surface area contributed by atoms with Crippen molar-refractivity contribution >= 4 is 23.4 Å². The van der Waals surface area contributed by atoms with Crippen LogP contribution in [0.1, 0.15) is 17.8 Å². The van der Waals surface area contributed by atoms with Crippen LogP contribution in [0.4, 0.5) is 5.69 Å². The van der Waals surface area contributed by atoms with Crippen molar-refractivity contribution in [2.45, 2.75) is 36.1 Å². The minimum Gasteiger partial charge on any atom is -0.378 e. The quantitative estimate of drug-likeness (QED) is 0.775. The van der Waals surface area contributed by atoms with Gasteiger partial charge in [0.15, 0.2) is 0 Å². The lowest BCUT2D eigenvalue weighted by atomic mass is 10.2. The van der Waals surface area contributed by atoms with Gasteiger partial charge >= 0.3 is 0 Å². The lowest BCUT2D eigenvalue weighted by Gasteiger charge is -2.23. The van der Waals surface area contributed by atoms with Crippen LogP contribution in [0, 0.1) is 13.8 Å². The molecule has 1 aromatic heterocycles. The van der Waals surface area contributed by atoms with Crippen molar-refractivity contribution in [2.75, 3.05) is 25.1 Å². The highest BCUT2D eigenvalue weighted by Gasteiger charge is 2.18. The Morgan fingerprint density at radius 1 is 1.42 bits per heavy atom. The molecule has 24 heavy (non-hydrogen) atoms. The Hall–Kier alpha value is -1.83. The smallest absolute Gasteiger partial charge is 0.226 e. The molecule has 2 aromatic rings. The Morgan fingerprint density at radius 3 is 2.96 bits per heavy atom. The van der Waals surface area contributed by atoms with Crippen LogP contribution in [0.2, 0.25) is 0 Å². The van der Waals surface area contributed by atoms with E-state index >= 15 is 0 Å². The predicted octanol–water partition coefficient (Wildman–Crippen LogP) is 2.49. The molecule has 2 heterocycles. The van der Waals surface area contributed by atoms with Gasteiger partial charge in [-0.25, -0.2) is 0 Å². The molecular formula is C17H22N4O2S. The van der Waals surface area contributed by atoms with Crippen LogP contribution in [0.25, 0.3) is 0 Å². The molecule has 1 saturated heterocycles. The first-order valence-electron chi connectivity index (χ1n) is 8.03. The number of nitrogens with zero attached hydrogens (tertiary/aromatic N) is 1. The SMILES string of the molecule is Cc1n[nH]c(C)c1Sc1ccccc1NC(=O)C[C@H]1COCCN1. The maximum absolute atomic E-state index is 12.3. The molecule has 1 amide bonds. The van der Waals surface area contributed by atoms with Gasteiger partial charge in [0.1, 0.15) is 0 Å². The number of ether oxygens (including phenoxy) is 1. The minimum absolute atomic E-state index is 0.00770. The van der Waals surface area contributed by atoms with Gasteiger partial charge in [-0.1, -0.05) is 23.9 Å². The summed E-state index contributed by atoms with van der Waals surface area (Å²) in [7, 11) is 0. The normalized spacial score (nSPS) is 17.7. The number of anilines is 1. The molecule has 1 aliphatic heterocycles. The fourth-order valence-electron chi connectivity index (χ4n) is 2.64. The van der Waals surface area contributed by atoms with E-state index in [4.69, 9.17) is 4.74 Å². The summed E-state index contributed by atoms with van der Waals surface area (Å²) >= 11 is 1.61. The first-order chi connectivity index (χ1) is 11.6. The topological polar surface area (TPSA) is 79.0 Å². The Balaban J connectivity index is 1.68. The van der Waals surface area contributed by atoms with Gasteiger partial charge in [0.25, 0.3) is 0 Å². The summed E-state index contributed by atoms with van der Waals surface area (Å²) in [6, 6.07) is 7.91. The van der Waals surface area contributed by atoms with E-state index in [0.29, 0.717) is 19.6 Å². The maximum atomic E-state index is 12.3. The molecule has 0 spiro atoms. The van der Waals surface area contributed by atoms with Crippen LogP contribution < -0.4 is 10.6 Å². The summed E-state index contributed by atoms with van der Waals surface area (Å²) in [5, 5.41) is 13.5. The number of aromatic amines is 1. The van der Waals surface area contributed by atoms with Crippen LogP contribution in [-0.4, -0.2) is 41.9 Å². The molecule has 0 radical (unpaired) electrons. The number of para-hydroxylation sites is 1. The van der Waals surface area contributed by atoms with Crippen LogP contribution in [-0.2, 0) is 9.53 Å². The Bertz CT molecular complexity index is 691. The molecule has 3 rings (SSSR count). The predicted molar refractivity (Wildman–Crippen MR) is 94.5 cm³/mol. The van der Waals surface area contributed by atoms with Crippen LogP contribution in [0.15, 0.2) is 34.1 Å². The van der Waals surface area contributed by atoms with Crippen molar-refractivity contribution in [1.82, 2.24) is 15.5 Å². The number of H-pyrrole nitrogens is 1. The molecule has 1 aliphatic rings. The molecular weight excluding hydrogens is 324 g/mol. The summed E-state index contributed by atoms with van der Waals surface area (Å²) < 4.78 is 5.40. The second kappa shape index (κ2) is 7.83. The molecule has 0 aliphatic carbocycles. The second-order valence-corrected chi connectivity index (χ2v) is 6.89. The monoisotopic (exact) mass is 346 g/mol. The molecule has 128 valence electrons. The van der Waals surface area contributed by atoms with E-state index in [0.717, 1.165) is 33.4 Å². The fourth-order valence-corrected chi connectivity index (χ4v) is 3.62. The summed E-state index contributed by atoms with van der Waals surface area (Å²) in [5.41, 5.74) is 2.81. The van der Waals surface area contributed by atoms with Gasteiger partial charge in [0.05, 0.1) is 29.5 Å². The first kappa shape index (κ1) is 17.0. The van der Waals surface area contributed by atoms with E-state index in [2.05, 4.69) is 20.8 Å². The van der Waals surface area contributed by atoms with Gasteiger partial charge < -0.3 is 15.4 Å². The van der Waals surface area contributed by atoms with Crippen LogP contribution in [0.5, 0.6) is 0 Å². The summed E-state index contributed by atoms with van der Waals surface area (Å²) in [5.74, 6) is -0.00770. The largest absolute Gasteiger partial charge is 0.378 e. The molecule has 0 unspecified atom stereocenters. The zero-order chi connectivity index (χ0) is 16.9. The van der Waals surface area contributed by atoms with Crippen molar-refractivity contribution in [3.05, 3.63) is 35.7 Å². The highest BCUT2D eigenvalue weighted by atomic mass is 32.2. The molecule has 1 fully saturated rings. The molecule has 0 bridgehead atoms. The van der Waals surface area contributed by atoms with E-state index in [1.165, 1.54) is 0 Å². The Morgan fingerprint density at radius 2 is 2.25 bits per heavy atom. The average molecular weight is 346 g/mol. The summed E-state index contributed by atoms with van der Waals surface area (Å²) in [6.45, 7) is 6.06. The number of carbonyl (C=O) groups excluding carboxylic acids is 1.